The minimum atomic E-state index is -0.205. The number of benzene rings is 1. The SMILES string of the molecule is CCCC(=O)Nc1ccc(OCc2cc(C(=O)NC3CCCC3)no2)cc1. The van der Waals surface area contributed by atoms with Crippen LogP contribution in [0.25, 0.3) is 0 Å². The molecule has 0 aliphatic heterocycles. The second-order valence-corrected chi connectivity index (χ2v) is 6.74. The average Bonchev–Trinajstić information content (AvgIpc) is 3.33. The van der Waals surface area contributed by atoms with E-state index in [0.717, 1.165) is 37.8 Å². The summed E-state index contributed by atoms with van der Waals surface area (Å²) in [5.74, 6) is 0.907. The van der Waals surface area contributed by atoms with Crippen molar-refractivity contribution in [2.45, 2.75) is 58.1 Å². The molecule has 1 aromatic carbocycles. The van der Waals surface area contributed by atoms with Crippen LogP contribution in [0, 0.1) is 0 Å². The van der Waals surface area contributed by atoms with Gasteiger partial charge in [0.25, 0.3) is 5.91 Å². The number of hydrogen-bond donors (Lipinski definition) is 2. The fraction of sp³-hybridized carbons (Fsp3) is 0.450. The van der Waals surface area contributed by atoms with Crippen molar-refractivity contribution in [3.05, 3.63) is 41.8 Å². The summed E-state index contributed by atoms with van der Waals surface area (Å²) in [6, 6.07) is 8.94. The fourth-order valence-corrected chi connectivity index (χ4v) is 3.06. The molecule has 1 saturated carbocycles. The Labute approximate surface area is 158 Å². The third-order valence-electron chi connectivity index (χ3n) is 4.48. The summed E-state index contributed by atoms with van der Waals surface area (Å²) < 4.78 is 10.8. The van der Waals surface area contributed by atoms with E-state index < -0.39 is 0 Å². The van der Waals surface area contributed by atoms with E-state index in [1.807, 2.05) is 6.92 Å². The number of rotatable bonds is 8. The van der Waals surface area contributed by atoms with Crippen LogP contribution in [0.4, 0.5) is 5.69 Å². The van der Waals surface area contributed by atoms with Crippen LogP contribution in [0.3, 0.4) is 0 Å². The van der Waals surface area contributed by atoms with Crippen LogP contribution < -0.4 is 15.4 Å². The van der Waals surface area contributed by atoms with E-state index in [1.165, 1.54) is 0 Å². The molecule has 1 fully saturated rings. The van der Waals surface area contributed by atoms with Crippen molar-refractivity contribution < 1.29 is 18.8 Å². The van der Waals surface area contributed by atoms with Crippen molar-refractivity contribution in [3.8, 4) is 5.75 Å². The van der Waals surface area contributed by atoms with Gasteiger partial charge in [0.05, 0.1) is 0 Å². The molecule has 2 N–H and O–H groups in total. The first kappa shape index (κ1) is 18.9. The van der Waals surface area contributed by atoms with Gasteiger partial charge in [0.1, 0.15) is 12.4 Å². The van der Waals surface area contributed by atoms with Gasteiger partial charge in [-0.2, -0.15) is 0 Å². The van der Waals surface area contributed by atoms with Gasteiger partial charge < -0.3 is 19.9 Å². The Hall–Kier alpha value is -2.83. The second kappa shape index (κ2) is 9.21. The zero-order chi connectivity index (χ0) is 19.1. The number of ether oxygens (including phenoxy) is 1. The Morgan fingerprint density at radius 1 is 1.22 bits per heavy atom. The number of nitrogens with one attached hydrogen (secondary N) is 2. The minimum Gasteiger partial charge on any atom is -0.486 e. The van der Waals surface area contributed by atoms with Gasteiger partial charge in [0.15, 0.2) is 11.5 Å². The quantitative estimate of drug-likeness (QED) is 0.738. The summed E-state index contributed by atoms with van der Waals surface area (Å²) in [7, 11) is 0. The first-order valence-corrected chi connectivity index (χ1v) is 9.43. The van der Waals surface area contributed by atoms with Gasteiger partial charge in [-0.15, -0.1) is 0 Å². The van der Waals surface area contributed by atoms with Gasteiger partial charge in [-0.25, -0.2) is 0 Å². The van der Waals surface area contributed by atoms with E-state index in [-0.39, 0.29) is 30.2 Å². The number of carbonyl (C=O) groups excluding carboxylic acids is 2. The smallest absolute Gasteiger partial charge is 0.273 e. The van der Waals surface area contributed by atoms with E-state index in [9.17, 15) is 9.59 Å². The largest absolute Gasteiger partial charge is 0.486 e. The number of carbonyl (C=O) groups is 2. The number of amides is 2. The van der Waals surface area contributed by atoms with Crippen LogP contribution in [0.15, 0.2) is 34.9 Å². The zero-order valence-electron chi connectivity index (χ0n) is 15.5. The van der Waals surface area contributed by atoms with E-state index in [0.29, 0.717) is 17.9 Å². The van der Waals surface area contributed by atoms with E-state index in [2.05, 4.69) is 15.8 Å². The van der Waals surface area contributed by atoms with Gasteiger partial charge in [0.2, 0.25) is 5.91 Å². The molecule has 144 valence electrons. The van der Waals surface area contributed by atoms with E-state index in [1.54, 1.807) is 30.3 Å². The molecule has 1 aliphatic rings. The van der Waals surface area contributed by atoms with Crippen molar-refractivity contribution in [1.82, 2.24) is 10.5 Å². The van der Waals surface area contributed by atoms with Crippen molar-refractivity contribution in [3.63, 3.8) is 0 Å². The Balaban J connectivity index is 1.48. The molecule has 1 heterocycles. The molecule has 27 heavy (non-hydrogen) atoms. The molecule has 1 aliphatic carbocycles. The lowest BCUT2D eigenvalue weighted by Gasteiger charge is -2.09. The predicted molar refractivity (Wildman–Crippen MR) is 101 cm³/mol. The highest BCUT2D eigenvalue weighted by Gasteiger charge is 2.20. The van der Waals surface area contributed by atoms with Crippen LogP contribution in [-0.2, 0) is 11.4 Å². The molecule has 0 radical (unpaired) electrons. The molecule has 2 amide bonds. The summed E-state index contributed by atoms with van der Waals surface area (Å²) in [5, 5.41) is 9.62. The van der Waals surface area contributed by atoms with Crippen LogP contribution in [0.5, 0.6) is 5.75 Å². The lowest BCUT2D eigenvalue weighted by molar-refractivity contribution is -0.116. The molecule has 7 heteroatoms. The zero-order valence-corrected chi connectivity index (χ0v) is 15.5. The number of nitrogens with zero attached hydrogens (tertiary/aromatic N) is 1. The first-order chi connectivity index (χ1) is 13.1. The molecule has 0 unspecified atom stereocenters. The molecular formula is C20H25N3O4. The standard InChI is InChI=1S/C20H25N3O4/c1-2-5-19(24)21-15-8-10-16(11-9-15)26-13-17-12-18(23-27-17)20(25)22-14-6-3-4-7-14/h8-12,14H,2-7,13H2,1H3,(H,21,24)(H,22,25). The van der Waals surface area contributed by atoms with Crippen molar-refractivity contribution in [1.29, 1.82) is 0 Å². The summed E-state index contributed by atoms with van der Waals surface area (Å²) >= 11 is 0. The lowest BCUT2D eigenvalue weighted by atomic mass is 10.2. The predicted octanol–water partition coefficient (Wildman–Crippen LogP) is 3.66. The Morgan fingerprint density at radius 2 is 1.96 bits per heavy atom. The Kier molecular flexibility index (Phi) is 6.46. The Morgan fingerprint density at radius 3 is 2.67 bits per heavy atom. The summed E-state index contributed by atoms with van der Waals surface area (Å²) in [6.45, 7) is 2.13. The fourth-order valence-electron chi connectivity index (χ4n) is 3.06. The number of anilines is 1. The van der Waals surface area contributed by atoms with Gasteiger partial charge in [-0.05, 0) is 43.5 Å². The van der Waals surface area contributed by atoms with E-state index in [4.69, 9.17) is 9.26 Å². The Bertz CT molecular complexity index is 764. The maximum atomic E-state index is 12.2. The number of aromatic nitrogens is 1. The summed E-state index contributed by atoms with van der Waals surface area (Å²) in [4.78, 5) is 23.7. The third-order valence-corrected chi connectivity index (χ3v) is 4.48. The van der Waals surface area contributed by atoms with Gasteiger partial charge in [-0.1, -0.05) is 24.9 Å². The highest BCUT2D eigenvalue weighted by molar-refractivity contribution is 5.92. The van der Waals surface area contributed by atoms with Gasteiger partial charge >= 0.3 is 0 Å². The van der Waals surface area contributed by atoms with Crippen molar-refractivity contribution >= 4 is 17.5 Å². The molecule has 0 saturated heterocycles. The topological polar surface area (TPSA) is 93.5 Å². The molecular weight excluding hydrogens is 346 g/mol. The minimum absolute atomic E-state index is 0.00348. The molecule has 0 atom stereocenters. The molecule has 1 aromatic heterocycles. The number of hydrogen-bond acceptors (Lipinski definition) is 5. The lowest BCUT2D eigenvalue weighted by Crippen LogP contribution is -2.32. The molecule has 0 bridgehead atoms. The first-order valence-electron chi connectivity index (χ1n) is 9.43. The molecule has 7 nitrogen and oxygen atoms in total. The summed E-state index contributed by atoms with van der Waals surface area (Å²) in [6.07, 6.45) is 5.67. The van der Waals surface area contributed by atoms with Crippen LogP contribution in [-0.4, -0.2) is 23.0 Å². The van der Waals surface area contributed by atoms with Gasteiger partial charge in [0, 0.05) is 24.2 Å². The summed E-state index contributed by atoms with van der Waals surface area (Å²) in [5.41, 5.74) is 1.00. The average molecular weight is 371 g/mol. The molecule has 3 rings (SSSR count). The normalized spacial score (nSPS) is 14.1. The maximum Gasteiger partial charge on any atom is 0.273 e. The van der Waals surface area contributed by atoms with Crippen LogP contribution in [0.1, 0.15) is 61.7 Å². The van der Waals surface area contributed by atoms with Gasteiger partial charge in [-0.3, -0.25) is 9.59 Å². The molecule has 2 aromatic rings. The third kappa shape index (κ3) is 5.57. The maximum absolute atomic E-state index is 12.2. The van der Waals surface area contributed by atoms with Crippen LogP contribution >= 0.6 is 0 Å². The second-order valence-electron chi connectivity index (χ2n) is 6.74. The highest BCUT2D eigenvalue weighted by atomic mass is 16.5. The molecule has 0 spiro atoms. The van der Waals surface area contributed by atoms with Crippen molar-refractivity contribution in [2.24, 2.45) is 0 Å². The highest BCUT2D eigenvalue weighted by Crippen LogP contribution is 2.19. The monoisotopic (exact) mass is 371 g/mol. The van der Waals surface area contributed by atoms with E-state index >= 15 is 0 Å². The van der Waals surface area contributed by atoms with Crippen LogP contribution in [0.2, 0.25) is 0 Å². The van der Waals surface area contributed by atoms with Crippen molar-refractivity contribution in [2.75, 3.05) is 5.32 Å².